The lowest BCUT2D eigenvalue weighted by Crippen LogP contribution is -2.40. The van der Waals surface area contributed by atoms with Crippen molar-refractivity contribution in [1.29, 1.82) is 0 Å². The molecule has 2 unspecified atom stereocenters. The van der Waals surface area contributed by atoms with E-state index >= 15 is 0 Å². The molecule has 2 saturated heterocycles. The van der Waals surface area contributed by atoms with E-state index in [0.29, 0.717) is 51.2 Å². The molecule has 2 aliphatic heterocycles. The molecule has 2 fully saturated rings. The predicted octanol–water partition coefficient (Wildman–Crippen LogP) is 5.72. The van der Waals surface area contributed by atoms with Crippen molar-refractivity contribution in [2.75, 3.05) is 26.2 Å². The van der Waals surface area contributed by atoms with Gasteiger partial charge in [0.25, 0.3) is 5.91 Å². The Labute approximate surface area is 221 Å². The van der Waals surface area contributed by atoms with E-state index in [0.717, 1.165) is 18.4 Å². The number of rotatable bonds is 5. The molecule has 0 bridgehead atoms. The Morgan fingerprint density at radius 1 is 0.872 bits per heavy atom. The number of carbonyl (C=O) groups is 2. The molecule has 0 radical (unpaired) electrons. The molecule has 1 N–H and O–H groups in total. The molecule has 39 heavy (non-hydrogen) atoms. The van der Waals surface area contributed by atoms with Crippen molar-refractivity contribution in [2.45, 2.75) is 56.7 Å². The van der Waals surface area contributed by atoms with E-state index in [4.69, 9.17) is 4.74 Å². The lowest BCUT2D eigenvalue weighted by atomic mass is 10.0. The average molecular weight is 558 g/mol. The zero-order chi connectivity index (χ0) is 28.2. The number of benzene rings is 2. The van der Waals surface area contributed by atoms with Crippen LogP contribution in [-0.4, -0.2) is 60.1 Å². The summed E-state index contributed by atoms with van der Waals surface area (Å²) in [4.78, 5) is 29.0. The van der Waals surface area contributed by atoms with Gasteiger partial charge in [-0.1, -0.05) is 30.3 Å². The van der Waals surface area contributed by atoms with Crippen molar-refractivity contribution < 1.29 is 40.7 Å². The summed E-state index contributed by atoms with van der Waals surface area (Å²) in [7, 11) is 0. The zero-order valence-corrected chi connectivity index (χ0v) is 21.0. The highest BCUT2D eigenvalue weighted by molar-refractivity contribution is 5.95. The van der Waals surface area contributed by atoms with E-state index in [2.05, 4.69) is 10.2 Å². The van der Waals surface area contributed by atoms with Gasteiger partial charge in [0, 0.05) is 43.8 Å². The minimum atomic E-state index is -5.03. The highest BCUT2D eigenvalue weighted by Gasteiger charge is 2.38. The van der Waals surface area contributed by atoms with Gasteiger partial charge in [-0.2, -0.15) is 26.3 Å². The Hall–Kier alpha value is -3.28. The number of halogens is 6. The maximum absolute atomic E-state index is 13.2. The minimum Gasteiger partial charge on any atom is -0.445 e. The Balaban J connectivity index is 1.31. The molecule has 2 aliphatic rings. The summed E-state index contributed by atoms with van der Waals surface area (Å²) in [6.45, 7) is 2.26. The van der Waals surface area contributed by atoms with Gasteiger partial charge in [-0.15, -0.1) is 0 Å². The number of carbonyl (C=O) groups excluding carboxylic acids is 2. The van der Waals surface area contributed by atoms with Crippen LogP contribution in [0, 0.1) is 0 Å². The van der Waals surface area contributed by atoms with Crippen LogP contribution in [0.4, 0.5) is 31.1 Å². The lowest BCUT2D eigenvalue weighted by Gasteiger charge is -2.27. The Bertz CT molecular complexity index is 1120. The highest BCUT2D eigenvalue weighted by atomic mass is 19.4. The van der Waals surface area contributed by atoms with Crippen LogP contribution in [0.3, 0.4) is 0 Å². The smallest absolute Gasteiger partial charge is 0.416 e. The van der Waals surface area contributed by atoms with E-state index in [1.807, 2.05) is 30.3 Å². The third kappa shape index (κ3) is 7.65. The Morgan fingerprint density at radius 2 is 1.54 bits per heavy atom. The largest absolute Gasteiger partial charge is 0.445 e. The Kier molecular flexibility index (Phi) is 8.73. The lowest BCUT2D eigenvalue weighted by molar-refractivity contribution is -0.143. The molecule has 212 valence electrons. The Morgan fingerprint density at radius 3 is 2.18 bits per heavy atom. The topological polar surface area (TPSA) is 61.9 Å². The molecule has 12 heteroatoms. The molecule has 2 aromatic rings. The molecule has 2 amide bonds. The normalized spacial score (nSPS) is 20.9. The molecule has 2 aromatic carbocycles. The standard InChI is InChI=1S/C27H29F6N3O3/c28-26(29,30)20-13-19(14-21(15-20)27(31,32)33)24(37)34-22-8-11-36(16-22)23-7-4-10-35(12-9-23)25(38)39-17-18-5-2-1-3-6-18/h1-3,5-6,13-15,22-23H,4,7-12,16-17H2,(H,34,37). The van der Waals surface area contributed by atoms with E-state index in [-0.39, 0.29) is 24.8 Å². The summed E-state index contributed by atoms with van der Waals surface area (Å²) < 4.78 is 84.4. The van der Waals surface area contributed by atoms with Gasteiger partial charge in [-0.05, 0) is 49.4 Å². The summed E-state index contributed by atoms with van der Waals surface area (Å²) in [5.74, 6) is -0.980. The first kappa shape index (κ1) is 28.7. The summed E-state index contributed by atoms with van der Waals surface area (Å²) in [5.41, 5.74) is -2.85. The number of nitrogens with zero attached hydrogens (tertiary/aromatic N) is 2. The van der Waals surface area contributed by atoms with Crippen LogP contribution in [0.15, 0.2) is 48.5 Å². The number of nitrogens with one attached hydrogen (secondary N) is 1. The number of hydrogen-bond donors (Lipinski definition) is 1. The van der Waals surface area contributed by atoms with E-state index in [1.54, 1.807) is 4.90 Å². The molecule has 0 aromatic heterocycles. The van der Waals surface area contributed by atoms with Gasteiger partial charge in [-0.3, -0.25) is 9.69 Å². The van der Waals surface area contributed by atoms with Gasteiger partial charge < -0.3 is 15.0 Å². The van der Waals surface area contributed by atoms with Crippen molar-refractivity contribution in [2.24, 2.45) is 0 Å². The van der Waals surface area contributed by atoms with Crippen LogP contribution in [0.5, 0.6) is 0 Å². The molecule has 2 atom stereocenters. The van der Waals surface area contributed by atoms with E-state index in [9.17, 15) is 35.9 Å². The highest BCUT2D eigenvalue weighted by Crippen LogP contribution is 2.36. The first-order chi connectivity index (χ1) is 18.4. The molecular formula is C27H29F6N3O3. The third-order valence-electron chi connectivity index (χ3n) is 7.08. The van der Waals surface area contributed by atoms with Crippen molar-refractivity contribution in [3.8, 4) is 0 Å². The second-order valence-corrected chi connectivity index (χ2v) is 9.86. The second-order valence-electron chi connectivity index (χ2n) is 9.86. The SMILES string of the molecule is O=C(NC1CCN(C2CCCN(C(=O)OCc3ccccc3)CC2)C1)c1cc(C(F)(F)F)cc(C(F)(F)F)c1. The molecule has 4 rings (SSSR count). The van der Waals surface area contributed by atoms with Gasteiger partial charge in [0.05, 0.1) is 11.1 Å². The quantitative estimate of drug-likeness (QED) is 0.478. The van der Waals surface area contributed by atoms with Gasteiger partial charge >= 0.3 is 18.4 Å². The molecule has 0 aliphatic carbocycles. The van der Waals surface area contributed by atoms with E-state index in [1.165, 1.54) is 0 Å². The number of amides is 2. The number of alkyl halides is 6. The van der Waals surface area contributed by atoms with Crippen molar-refractivity contribution >= 4 is 12.0 Å². The maximum Gasteiger partial charge on any atom is 0.416 e. The monoisotopic (exact) mass is 557 g/mol. The first-order valence-electron chi connectivity index (χ1n) is 12.7. The van der Waals surface area contributed by atoms with Gasteiger partial charge in [-0.25, -0.2) is 4.79 Å². The van der Waals surface area contributed by atoms with E-state index < -0.39 is 41.0 Å². The van der Waals surface area contributed by atoms with Crippen molar-refractivity contribution in [1.82, 2.24) is 15.1 Å². The van der Waals surface area contributed by atoms with Gasteiger partial charge in [0.1, 0.15) is 6.61 Å². The minimum absolute atomic E-state index is 0.000878. The van der Waals surface area contributed by atoms with Gasteiger partial charge in [0.2, 0.25) is 0 Å². The van der Waals surface area contributed by atoms with Crippen LogP contribution in [0.2, 0.25) is 0 Å². The summed E-state index contributed by atoms with van der Waals surface area (Å²) in [6.07, 6.45) is -7.68. The second kappa shape index (κ2) is 11.8. The number of likely N-dealkylation sites (tertiary alicyclic amines) is 2. The van der Waals surface area contributed by atoms with Crippen LogP contribution in [0.25, 0.3) is 0 Å². The summed E-state index contributed by atoms with van der Waals surface area (Å²) in [5, 5.41) is 2.60. The van der Waals surface area contributed by atoms with Crippen LogP contribution in [0.1, 0.15) is 52.7 Å². The van der Waals surface area contributed by atoms with Gasteiger partial charge in [0.15, 0.2) is 0 Å². The maximum atomic E-state index is 13.2. The summed E-state index contributed by atoms with van der Waals surface area (Å²) in [6, 6.07) is 9.94. The van der Waals surface area contributed by atoms with Crippen LogP contribution in [-0.2, 0) is 23.7 Å². The zero-order valence-electron chi connectivity index (χ0n) is 21.0. The fraction of sp³-hybridized carbons (Fsp3) is 0.481. The van der Waals surface area contributed by atoms with Crippen LogP contribution >= 0.6 is 0 Å². The fourth-order valence-corrected chi connectivity index (χ4v) is 5.03. The van der Waals surface area contributed by atoms with Crippen molar-refractivity contribution in [3.63, 3.8) is 0 Å². The average Bonchev–Trinajstić information content (AvgIpc) is 3.21. The fourth-order valence-electron chi connectivity index (χ4n) is 5.03. The molecule has 0 saturated carbocycles. The predicted molar refractivity (Wildman–Crippen MR) is 130 cm³/mol. The van der Waals surface area contributed by atoms with Crippen molar-refractivity contribution in [3.05, 3.63) is 70.8 Å². The molecule has 2 heterocycles. The first-order valence-corrected chi connectivity index (χ1v) is 12.7. The summed E-state index contributed by atoms with van der Waals surface area (Å²) >= 11 is 0. The number of ether oxygens (including phenoxy) is 1. The third-order valence-corrected chi connectivity index (χ3v) is 7.08. The molecule has 0 spiro atoms. The molecule has 6 nitrogen and oxygen atoms in total. The van der Waals surface area contributed by atoms with Crippen LogP contribution < -0.4 is 5.32 Å². The number of hydrogen-bond acceptors (Lipinski definition) is 4. The molecular weight excluding hydrogens is 528 g/mol.